The van der Waals surface area contributed by atoms with Crippen molar-refractivity contribution in [3.8, 4) is 17.6 Å². The molecule has 146 valence electrons. The fraction of sp³-hybridized carbons (Fsp3) is 0.304. The molecule has 28 heavy (non-hydrogen) atoms. The molecular weight excluding hydrogens is 352 g/mol. The first-order valence-corrected chi connectivity index (χ1v) is 9.46. The number of ether oxygens (including phenoxy) is 2. The fourth-order valence-electron chi connectivity index (χ4n) is 2.68. The Morgan fingerprint density at radius 1 is 1.14 bits per heavy atom. The first-order valence-electron chi connectivity index (χ1n) is 9.46. The molecule has 0 aliphatic rings. The molecule has 0 aliphatic carbocycles. The molecule has 0 aromatic heterocycles. The lowest BCUT2D eigenvalue weighted by Crippen LogP contribution is -2.27. The second kappa shape index (κ2) is 10.8. The lowest BCUT2D eigenvalue weighted by atomic mass is 10.1. The molecule has 2 aromatic rings. The van der Waals surface area contributed by atoms with E-state index < -0.39 is 5.91 Å². The van der Waals surface area contributed by atoms with Crippen molar-refractivity contribution in [3.63, 3.8) is 0 Å². The predicted molar refractivity (Wildman–Crippen MR) is 110 cm³/mol. The lowest BCUT2D eigenvalue weighted by molar-refractivity contribution is -0.117. The minimum absolute atomic E-state index is 0.0118. The molecule has 0 radical (unpaired) electrons. The van der Waals surface area contributed by atoms with E-state index in [4.69, 9.17) is 9.47 Å². The van der Waals surface area contributed by atoms with E-state index >= 15 is 0 Å². The van der Waals surface area contributed by atoms with Gasteiger partial charge in [0, 0.05) is 5.56 Å². The number of nitrogens with zero attached hydrogens (tertiary/aromatic N) is 1. The maximum Gasteiger partial charge on any atom is 0.262 e. The number of hydrogen-bond donors (Lipinski definition) is 1. The van der Waals surface area contributed by atoms with Gasteiger partial charge >= 0.3 is 0 Å². The quantitative estimate of drug-likeness (QED) is 0.509. The average molecular weight is 378 g/mol. The zero-order chi connectivity index (χ0) is 20.4. The SMILES string of the molecule is CCCOc1c(/C=C(\C#N)C(=O)N[C@H](C)c2ccccc2)cccc1OCC. The molecule has 0 saturated carbocycles. The number of amides is 1. The number of carbonyl (C=O) groups excluding carboxylic acids is 1. The van der Waals surface area contributed by atoms with Crippen molar-refractivity contribution in [1.82, 2.24) is 5.32 Å². The van der Waals surface area contributed by atoms with Gasteiger partial charge in [-0.15, -0.1) is 0 Å². The van der Waals surface area contributed by atoms with Crippen LogP contribution < -0.4 is 14.8 Å². The van der Waals surface area contributed by atoms with Gasteiger partial charge in [0.2, 0.25) is 0 Å². The van der Waals surface area contributed by atoms with Gasteiger partial charge in [-0.2, -0.15) is 5.26 Å². The maximum absolute atomic E-state index is 12.6. The molecule has 1 amide bonds. The van der Waals surface area contributed by atoms with Crippen LogP contribution in [0.3, 0.4) is 0 Å². The van der Waals surface area contributed by atoms with Crippen molar-refractivity contribution in [2.45, 2.75) is 33.2 Å². The molecule has 5 nitrogen and oxygen atoms in total. The zero-order valence-electron chi connectivity index (χ0n) is 16.6. The summed E-state index contributed by atoms with van der Waals surface area (Å²) in [6, 6.07) is 16.8. The summed E-state index contributed by atoms with van der Waals surface area (Å²) in [7, 11) is 0. The maximum atomic E-state index is 12.6. The van der Waals surface area contributed by atoms with Crippen molar-refractivity contribution in [2.75, 3.05) is 13.2 Å². The Hall–Kier alpha value is -3.26. The highest BCUT2D eigenvalue weighted by molar-refractivity contribution is 6.02. The van der Waals surface area contributed by atoms with E-state index in [-0.39, 0.29) is 11.6 Å². The summed E-state index contributed by atoms with van der Waals surface area (Å²) in [6.07, 6.45) is 2.38. The standard InChI is InChI=1S/C23H26N2O3/c1-4-14-28-22-19(12-9-13-21(22)27-5-2)15-20(16-24)23(26)25-17(3)18-10-7-6-8-11-18/h6-13,15,17H,4-5,14H2,1-3H3,(H,25,26)/b20-15+/t17-/m1/s1. The first-order chi connectivity index (χ1) is 13.6. The van der Waals surface area contributed by atoms with Crippen molar-refractivity contribution in [3.05, 3.63) is 65.2 Å². The van der Waals surface area contributed by atoms with E-state index in [9.17, 15) is 10.1 Å². The molecule has 2 aromatic carbocycles. The fourth-order valence-corrected chi connectivity index (χ4v) is 2.68. The third kappa shape index (κ3) is 5.62. The topological polar surface area (TPSA) is 71.3 Å². The summed E-state index contributed by atoms with van der Waals surface area (Å²) in [4.78, 5) is 12.6. The van der Waals surface area contributed by atoms with Gasteiger partial charge in [-0.05, 0) is 38.0 Å². The van der Waals surface area contributed by atoms with Crippen LogP contribution in [0.4, 0.5) is 0 Å². The Balaban J connectivity index is 2.29. The van der Waals surface area contributed by atoms with E-state index in [1.807, 2.05) is 69.3 Å². The molecule has 2 rings (SSSR count). The van der Waals surface area contributed by atoms with Crippen LogP contribution in [-0.4, -0.2) is 19.1 Å². The summed E-state index contributed by atoms with van der Waals surface area (Å²) < 4.78 is 11.5. The van der Waals surface area contributed by atoms with Crippen LogP contribution in [0.1, 0.15) is 44.4 Å². The van der Waals surface area contributed by atoms with Crippen molar-refractivity contribution in [1.29, 1.82) is 5.26 Å². The molecule has 0 unspecified atom stereocenters. The summed E-state index contributed by atoms with van der Waals surface area (Å²) in [6.45, 7) is 6.80. The monoisotopic (exact) mass is 378 g/mol. The van der Waals surface area contributed by atoms with Gasteiger partial charge in [-0.25, -0.2) is 0 Å². The van der Waals surface area contributed by atoms with Gasteiger partial charge in [0.15, 0.2) is 11.5 Å². The number of nitrogens with one attached hydrogen (secondary N) is 1. The second-order valence-electron chi connectivity index (χ2n) is 6.23. The van der Waals surface area contributed by atoms with Crippen molar-refractivity contribution >= 4 is 12.0 Å². The van der Waals surface area contributed by atoms with E-state index in [1.165, 1.54) is 0 Å². The highest BCUT2D eigenvalue weighted by atomic mass is 16.5. The largest absolute Gasteiger partial charge is 0.490 e. The summed E-state index contributed by atoms with van der Waals surface area (Å²) in [5, 5.41) is 12.4. The third-order valence-corrected chi connectivity index (χ3v) is 4.07. The van der Waals surface area contributed by atoms with Crippen molar-refractivity contribution in [2.24, 2.45) is 0 Å². The summed E-state index contributed by atoms with van der Waals surface area (Å²) in [5.41, 5.74) is 1.62. The highest BCUT2D eigenvalue weighted by Gasteiger charge is 2.16. The van der Waals surface area contributed by atoms with E-state index in [0.717, 1.165) is 12.0 Å². The van der Waals surface area contributed by atoms with Gasteiger partial charge in [0.25, 0.3) is 5.91 Å². The summed E-state index contributed by atoms with van der Waals surface area (Å²) in [5.74, 6) is 0.713. The molecule has 0 spiro atoms. The molecule has 5 heteroatoms. The Kier molecular flexibility index (Phi) is 8.11. The Labute approximate surface area is 166 Å². The summed E-state index contributed by atoms with van der Waals surface area (Å²) >= 11 is 0. The van der Waals surface area contributed by atoms with Gasteiger partial charge < -0.3 is 14.8 Å². The van der Waals surface area contributed by atoms with Crippen LogP contribution in [0.2, 0.25) is 0 Å². The normalized spacial score (nSPS) is 12.0. The number of benzene rings is 2. The third-order valence-electron chi connectivity index (χ3n) is 4.07. The molecule has 0 heterocycles. The van der Waals surface area contributed by atoms with E-state index in [1.54, 1.807) is 12.1 Å². The number of rotatable bonds is 9. The number of nitriles is 1. The predicted octanol–water partition coefficient (Wildman–Crippen LogP) is 4.66. The van der Waals surface area contributed by atoms with Gasteiger partial charge in [-0.3, -0.25) is 4.79 Å². The number of carbonyl (C=O) groups is 1. The van der Waals surface area contributed by atoms with Crippen molar-refractivity contribution < 1.29 is 14.3 Å². The van der Waals surface area contributed by atoms with Crippen LogP contribution in [0.5, 0.6) is 11.5 Å². The lowest BCUT2D eigenvalue weighted by Gasteiger charge is -2.15. The second-order valence-corrected chi connectivity index (χ2v) is 6.23. The Morgan fingerprint density at radius 2 is 1.89 bits per heavy atom. The Morgan fingerprint density at radius 3 is 2.54 bits per heavy atom. The van der Waals surface area contributed by atoms with Gasteiger partial charge in [0.05, 0.1) is 19.3 Å². The van der Waals surface area contributed by atoms with Crippen LogP contribution >= 0.6 is 0 Å². The molecular formula is C23H26N2O3. The molecule has 0 aliphatic heterocycles. The number of hydrogen-bond acceptors (Lipinski definition) is 4. The average Bonchev–Trinajstić information content (AvgIpc) is 2.72. The zero-order valence-corrected chi connectivity index (χ0v) is 16.6. The minimum atomic E-state index is -0.429. The first kappa shape index (κ1) is 21.0. The molecule has 0 bridgehead atoms. The van der Waals surface area contributed by atoms with E-state index in [0.29, 0.717) is 30.3 Å². The van der Waals surface area contributed by atoms with Crippen LogP contribution in [0.25, 0.3) is 6.08 Å². The van der Waals surface area contributed by atoms with Gasteiger partial charge in [-0.1, -0.05) is 49.4 Å². The molecule has 1 N–H and O–H groups in total. The smallest absolute Gasteiger partial charge is 0.262 e. The van der Waals surface area contributed by atoms with Crippen LogP contribution in [0.15, 0.2) is 54.1 Å². The number of para-hydroxylation sites is 1. The molecule has 0 saturated heterocycles. The Bertz CT molecular complexity index is 854. The van der Waals surface area contributed by atoms with Gasteiger partial charge in [0.1, 0.15) is 11.6 Å². The van der Waals surface area contributed by atoms with E-state index in [2.05, 4.69) is 5.32 Å². The molecule has 1 atom stereocenters. The minimum Gasteiger partial charge on any atom is -0.490 e. The molecule has 0 fully saturated rings. The highest BCUT2D eigenvalue weighted by Crippen LogP contribution is 2.33. The van der Waals surface area contributed by atoms with Crippen LogP contribution in [0, 0.1) is 11.3 Å². The van der Waals surface area contributed by atoms with Crippen LogP contribution in [-0.2, 0) is 4.79 Å².